The summed E-state index contributed by atoms with van der Waals surface area (Å²) < 4.78 is 26.4. The smallest absolute Gasteiger partial charge is 0.319 e. The van der Waals surface area contributed by atoms with Crippen LogP contribution in [0.5, 0.6) is 0 Å². The molecule has 1 aromatic heterocycles. The lowest BCUT2D eigenvalue weighted by atomic mass is 9.99. The minimum absolute atomic E-state index is 0.176. The maximum Gasteiger partial charge on any atom is 0.319 e. The molecule has 0 spiro atoms. The lowest BCUT2D eigenvalue weighted by molar-refractivity contribution is 0.0668. The molecule has 1 aromatic carbocycles. The molecular formula is C17H23F2N5. The molecule has 5 nitrogen and oxygen atoms in total. The zero-order chi connectivity index (χ0) is 17.5. The van der Waals surface area contributed by atoms with Crippen molar-refractivity contribution < 1.29 is 8.78 Å². The van der Waals surface area contributed by atoms with Gasteiger partial charge in [0.1, 0.15) is 5.82 Å². The molecule has 0 saturated carbocycles. The van der Waals surface area contributed by atoms with Gasteiger partial charge in [-0.2, -0.15) is 8.78 Å². The van der Waals surface area contributed by atoms with E-state index < -0.39 is 6.55 Å². The number of aryl methyl sites for hydroxylation is 1. The third kappa shape index (κ3) is 4.78. The second-order valence-corrected chi connectivity index (χ2v) is 5.65. The predicted octanol–water partition coefficient (Wildman–Crippen LogP) is 3.06. The Bertz CT molecular complexity index is 681. The fourth-order valence-corrected chi connectivity index (χ4v) is 2.39. The molecule has 1 atom stereocenters. The maximum absolute atomic E-state index is 12.8. The topological polar surface area (TPSA) is 54.2 Å². The molecule has 0 aliphatic carbocycles. The molecule has 1 heterocycles. The van der Waals surface area contributed by atoms with Crippen molar-refractivity contribution in [2.75, 3.05) is 13.6 Å². The van der Waals surface area contributed by atoms with Crippen LogP contribution in [0.1, 0.15) is 36.3 Å². The van der Waals surface area contributed by atoms with E-state index in [1.54, 1.807) is 7.05 Å². The molecule has 0 bridgehead atoms. The molecule has 0 aliphatic rings. The molecule has 0 radical (unpaired) electrons. The number of imidazole rings is 1. The van der Waals surface area contributed by atoms with Crippen molar-refractivity contribution in [3.05, 3.63) is 53.6 Å². The first kappa shape index (κ1) is 17.9. The van der Waals surface area contributed by atoms with Crippen LogP contribution in [0, 0.1) is 6.92 Å². The number of alkyl halides is 2. The van der Waals surface area contributed by atoms with Gasteiger partial charge in [0.15, 0.2) is 5.96 Å². The van der Waals surface area contributed by atoms with E-state index in [0.717, 1.165) is 4.57 Å². The highest BCUT2D eigenvalue weighted by Crippen LogP contribution is 2.15. The summed E-state index contributed by atoms with van der Waals surface area (Å²) >= 11 is 0. The molecular weight excluding hydrogens is 312 g/mol. The zero-order valence-electron chi connectivity index (χ0n) is 14.1. The van der Waals surface area contributed by atoms with Gasteiger partial charge >= 0.3 is 6.55 Å². The van der Waals surface area contributed by atoms with Gasteiger partial charge in [-0.1, -0.05) is 36.8 Å². The monoisotopic (exact) mass is 335 g/mol. The number of hydrogen-bond acceptors (Lipinski definition) is 2. The molecule has 0 amide bonds. The molecule has 1 unspecified atom stereocenters. The van der Waals surface area contributed by atoms with Gasteiger partial charge in [0.25, 0.3) is 0 Å². The lowest BCUT2D eigenvalue weighted by Crippen LogP contribution is -2.39. The largest absolute Gasteiger partial charge is 0.356 e. The highest BCUT2D eigenvalue weighted by atomic mass is 19.3. The van der Waals surface area contributed by atoms with Crippen molar-refractivity contribution in [1.82, 2.24) is 20.2 Å². The normalized spacial score (nSPS) is 13.2. The van der Waals surface area contributed by atoms with Crippen LogP contribution in [0.3, 0.4) is 0 Å². The van der Waals surface area contributed by atoms with Crippen LogP contribution in [-0.4, -0.2) is 29.1 Å². The van der Waals surface area contributed by atoms with Crippen molar-refractivity contribution in [2.45, 2.75) is 32.9 Å². The first-order valence-electron chi connectivity index (χ1n) is 7.82. The molecule has 2 N–H and O–H groups in total. The van der Waals surface area contributed by atoms with E-state index in [9.17, 15) is 8.78 Å². The van der Waals surface area contributed by atoms with Gasteiger partial charge in [-0.25, -0.2) is 4.98 Å². The van der Waals surface area contributed by atoms with Crippen LogP contribution in [0.4, 0.5) is 8.78 Å². The summed E-state index contributed by atoms with van der Waals surface area (Å²) in [5.74, 6) is 1.12. The van der Waals surface area contributed by atoms with Crippen molar-refractivity contribution in [1.29, 1.82) is 0 Å². The third-order valence-electron chi connectivity index (χ3n) is 3.78. The Labute approximate surface area is 140 Å². The Morgan fingerprint density at radius 2 is 2.12 bits per heavy atom. The number of halogens is 2. The number of hydrogen-bond donors (Lipinski definition) is 2. The van der Waals surface area contributed by atoms with Gasteiger partial charge in [-0.15, -0.1) is 0 Å². The van der Waals surface area contributed by atoms with Crippen molar-refractivity contribution in [2.24, 2.45) is 4.99 Å². The van der Waals surface area contributed by atoms with Gasteiger partial charge < -0.3 is 10.6 Å². The standard InChI is InChI=1S/C17H23F2N5/c1-12-5-4-6-14(9-12)13(2)10-22-17(20-3)23-11-15-21-7-8-24(15)16(18)19/h4-9,13,16H,10-11H2,1-3H3,(H2,20,22,23). The second kappa shape index (κ2) is 8.42. The number of aromatic nitrogens is 2. The summed E-state index contributed by atoms with van der Waals surface area (Å²) in [7, 11) is 1.65. The van der Waals surface area contributed by atoms with Crippen molar-refractivity contribution >= 4 is 5.96 Å². The Hall–Kier alpha value is -2.44. The van der Waals surface area contributed by atoms with Gasteiger partial charge in [-0.3, -0.25) is 9.56 Å². The van der Waals surface area contributed by atoms with Crippen LogP contribution in [0.25, 0.3) is 0 Å². The maximum atomic E-state index is 12.8. The first-order chi connectivity index (χ1) is 11.5. The van der Waals surface area contributed by atoms with Crippen LogP contribution in [0.15, 0.2) is 41.7 Å². The minimum Gasteiger partial charge on any atom is -0.356 e. The summed E-state index contributed by atoms with van der Waals surface area (Å²) in [4.78, 5) is 8.05. The number of rotatable bonds is 6. The van der Waals surface area contributed by atoms with Crippen LogP contribution < -0.4 is 10.6 Å². The average molecular weight is 335 g/mol. The molecule has 0 aliphatic heterocycles. The third-order valence-corrected chi connectivity index (χ3v) is 3.78. The Balaban J connectivity index is 1.87. The Kier molecular flexibility index (Phi) is 6.28. The van der Waals surface area contributed by atoms with Gasteiger partial charge in [-0.05, 0) is 18.4 Å². The van der Waals surface area contributed by atoms with E-state index in [2.05, 4.69) is 52.7 Å². The average Bonchev–Trinajstić information content (AvgIpc) is 3.03. The molecule has 2 rings (SSSR count). The van der Waals surface area contributed by atoms with Crippen molar-refractivity contribution in [3.63, 3.8) is 0 Å². The summed E-state index contributed by atoms with van der Waals surface area (Å²) in [6, 6.07) is 8.35. The Morgan fingerprint density at radius 3 is 2.79 bits per heavy atom. The Morgan fingerprint density at radius 1 is 1.33 bits per heavy atom. The van der Waals surface area contributed by atoms with Crippen molar-refractivity contribution in [3.8, 4) is 0 Å². The van der Waals surface area contributed by atoms with Gasteiger partial charge in [0.05, 0.1) is 6.54 Å². The fraction of sp³-hybridized carbons (Fsp3) is 0.412. The van der Waals surface area contributed by atoms with Crippen LogP contribution in [-0.2, 0) is 6.54 Å². The first-order valence-corrected chi connectivity index (χ1v) is 7.82. The SMILES string of the molecule is CN=C(NCc1nccn1C(F)F)NCC(C)c1cccc(C)c1. The number of nitrogens with one attached hydrogen (secondary N) is 2. The van der Waals surface area contributed by atoms with E-state index in [-0.39, 0.29) is 12.4 Å². The van der Waals surface area contributed by atoms with Crippen LogP contribution in [0.2, 0.25) is 0 Å². The van der Waals surface area contributed by atoms with E-state index in [1.165, 1.54) is 23.5 Å². The zero-order valence-corrected chi connectivity index (χ0v) is 14.1. The highest BCUT2D eigenvalue weighted by molar-refractivity contribution is 5.79. The van der Waals surface area contributed by atoms with Crippen LogP contribution >= 0.6 is 0 Å². The van der Waals surface area contributed by atoms with E-state index >= 15 is 0 Å². The molecule has 0 saturated heterocycles. The molecule has 0 fully saturated rings. The quantitative estimate of drug-likeness (QED) is 0.630. The number of nitrogens with zero attached hydrogens (tertiary/aromatic N) is 3. The molecule has 7 heteroatoms. The minimum atomic E-state index is -2.60. The summed E-state index contributed by atoms with van der Waals surface area (Å²) in [5, 5.41) is 6.22. The van der Waals surface area contributed by atoms with E-state index in [1.807, 2.05) is 6.07 Å². The molecule has 24 heavy (non-hydrogen) atoms. The lowest BCUT2D eigenvalue weighted by Gasteiger charge is -2.17. The number of aliphatic imine (C=N–C) groups is 1. The van der Waals surface area contributed by atoms with Gasteiger partial charge in [0.2, 0.25) is 0 Å². The number of benzene rings is 1. The summed E-state index contributed by atoms with van der Waals surface area (Å²) in [5.41, 5.74) is 2.46. The van der Waals surface area contributed by atoms with E-state index in [0.29, 0.717) is 18.4 Å². The summed E-state index contributed by atoms with van der Waals surface area (Å²) in [6.45, 7) is 2.46. The summed E-state index contributed by atoms with van der Waals surface area (Å²) in [6.07, 6.45) is 2.62. The second-order valence-electron chi connectivity index (χ2n) is 5.65. The van der Waals surface area contributed by atoms with Gasteiger partial charge in [0, 0.05) is 26.0 Å². The van der Waals surface area contributed by atoms with E-state index in [4.69, 9.17) is 0 Å². The molecule has 130 valence electrons. The fourth-order valence-electron chi connectivity index (χ4n) is 2.39. The molecule has 2 aromatic rings. The highest BCUT2D eigenvalue weighted by Gasteiger charge is 2.12. The number of guanidine groups is 1. The predicted molar refractivity (Wildman–Crippen MR) is 91.3 cm³/mol.